The molecule has 0 bridgehead atoms. The van der Waals surface area contributed by atoms with Gasteiger partial charge in [0.2, 0.25) is 0 Å². The van der Waals surface area contributed by atoms with Crippen LogP contribution in [0, 0.1) is 0 Å². The third kappa shape index (κ3) is 6.96. The smallest absolute Gasteiger partial charge is 0.125 e. The summed E-state index contributed by atoms with van der Waals surface area (Å²) in [6.45, 7) is 8.68. The van der Waals surface area contributed by atoms with Crippen LogP contribution in [-0.4, -0.2) is 49.5 Å². The second kappa shape index (κ2) is 10.8. The molecule has 1 aromatic rings. The standard InChI is InChI=1S/C21H35NO3/c1-3-4-5-6-7-10-15-25-20-12-9-8-11-19(20)21(2,23)18-22-13-16-24-17-14-22/h8-9,11-12,23H,3-7,10,13-18H2,1-2H3. The average molecular weight is 350 g/mol. The summed E-state index contributed by atoms with van der Waals surface area (Å²) in [6, 6.07) is 7.91. The van der Waals surface area contributed by atoms with Crippen molar-refractivity contribution in [2.75, 3.05) is 39.5 Å². The number of rotatable bonds is 11. The summed E-state index contributed by atoms with van der Waals surface area (Å²) in [4.78, 5) is 2.26. The van der Waals surface area contributed by atoms with Gasteiger partial charge in [-0.05, 0) is 19.4 Å². The lowest BCUT2D eigenvalue weighted by molar-refractivity contribution is -0.0265. The number of β-amino-alcohol motifs (C(OH)–C–C–N with tert-alkyl or cyclic N) is 1. The van der Waals surface area contributed by atoms with Crippen molar-refractivity contribution in [3.05, 3.63) is 29.8 Å². The number of morpholine rings is 1. The predicted molar refractivity (Wildman–Crippen MR) is 102 cm³/mol. The SMILES string of the molecule is CCCCCCCCOc1ccccc1C(C)(O)CN1CCOCC1. The summed E-state index contributed by atoms with van der Waals surface area (Å²) in [7, 11) is 0. The number of para-hydroxylation sites is 1. The fourth-order valence-electron chi connectivity index (χ4n) is 3.38. The van der Waals surface area contributed by atoms with Crippen molar-refractivity contribution in [1.82, 2.24) is 4.90 Å². The Bertz CT molecular complexity index is 484. The minimum atomic E-state index is -0.922. The molecule has 1 heterocycles. The van der Waals surface area contributed by atoms with Gasteiger partial charge in [0.05, 0.1) is 19.8 Å². The second-order valence-electron chi connectivity index (χ2n) is 7.27. The Morgan fingerprint density at radius 2 is 1.76 bits per heavy atom. The summed E-state index contributed by atoms with van der Waals surface area (Å²) >= 11 is 0. The quantitative estimate of drug-likeness (QED) is 0.614. The highest BCUT2D eigenvalue weighted by molar-refractivity contribution is 5.38. The predicted octanol–water partition coefficient (Wildman–Crippen LogP) is 3.97. The van der Waals surface area contributed by atoms with Gasteiger partial charge in [0.15, 0.2) is 0 Å². The molecule has 4 nitrogen and oxygen atoms in total. The monoisotopic (exact) mass is 349 g/mol. The van der Waals surface area contributed by atoms with E-state index in [1.807, 2.05) is 31.2 Å². The van der Waals surface area contributed by atoms with E-state index < -0.39 is 5.60 Å². The molecule has 1 N–H and O–H groups in total. The van der Waals surface area contributed by atoms with E-state index >= 15 is 0 Å². The van der Waals surface area contributed by atoms with Crippen molar-refractivity contribution >= 4 is 0 Å². The Morgan fingerprint density at radius 3 is 2.52 bits per heavy atom. The molecule has 0 amide bonds. The molecule has 0 aromatic heterocycles. The molecule has 1 saturated heterocycles. The van der Waals surface area contributed by atoms with Crippen LogP contribution in [0.4, 0.5) is 0 Å². The van der Waals surface area contributed by atoms with E-state index in [-0.39, 0.29) is 0 Å². The molecule has 25 heavy (non-hydrogen) atoms. The molecule has 142 valence electrons. The molecule has 1 atom stereocenters. The Morgan fingerprint density at radius 1 is 1.08 bits per heavy atom. The molecule has 0 radical (unpaired) electrons. The number of unbranched alkanes of at least 4 members (excludes halogenated alkanes) is 5. The summed E-state index contributed by atoms with van der Waals surface area (Å²) in [5, 5.41) is 11.1. The van der Waals surface area contributed by atoms with Crippen molar-refractivity contribution in [1.29, 1.82) is 0 Å². The molecule has 1 aliphatic heterocycles. The fraction of sp³-hybridized carbons (Fsp3) is 0.714. The van der Waals surface area contributed by atoms with E-state index in [9.17, 15) is 5.11 Å². The van der Waals surface area contributed by atoms with Crippen molar-refractivity contribution in [2.24, 2.45) is 0 Å². The van der Waals surface area contributed by atoms with Gasteiger partial charge in [-0.1, -0.05) is 57.2 Å². The summed E-state index contributed by atoms with van der Waals surface area (Å²) in [5.74, 6) is 0.814. The number of nitrogens with zero attached hydrogens (tertiary/aromatic N) is 1. The zero-order chi connectivity index (χ0) is 18.0. The first-order chi connectivity index (χ1) is 12.1. The van der Waals surface area contributed by atoms with Crippen molar-refractivity contribution in [2.45, 2.75) is 58.0 Å². The first-order valence-electron chi connectivity index (χ1n) is 9.88. The molecule has 1 unspecified atom stereocenters. The summed E-state index contributed by atoms with van der Waals surface area (Å²) < 4.78 is 11.4. The molecule has 0 saturated carbocycles. The van der Waals surface area contributed by atoms with Crippen LogP contribution in [0.25, 0.3) is 0 Å². The Balaban J connectivity index is 1.85. The summed E-state index contributed by atoms with van der Waals surface area (Å²) in [5.41, 5.74) is -0.0396. The summed E-state index contributed by atoms with van der Waals surface area (Å²) in [6.07, 6.45) is 7.50. The minimum Gasteiger partial charge on any atom is -0.493 e. The molecule has 2 rings (SSSR count). The van der Waals surface area contributed by atoms with Crippen molar-refractivity contribution in [3.8, 4) is 5.75 Å². The topological polar surface area (TPSA) is 41.9 Å². The number of benzene rings is 1. The van der Waals surface area contributed by atoms with Crippen LogP contribution in [0.15, 0.2) is 24.3 Å². The van der Waals surface area contributed by atoms with Gasteiger partial charge < -0.3 is 14.6 Å². The van der Waals surface area contributed by atoms with Gasteiger partial charge in [-0.3, -0.25) is 4.90 Å². The van der Waals surface area contributed by atoms with E-state index in [1.165, 1.54) is 32.1 Å². The molecule has 4 heteroatoms. The molecule has 1 aromatic carbocycles. The number of aliphatic hydroxyl groups is 1. The van der Waals surface area contributed by atoms with Crippen LogP contribution in [0.5, 0.6) is 5.75 Å². The van der Waals surface area contributed by atoms with Gasteiger partial charge >= 0.3 is 0 Å². The first-order valence-corrected chi connectivity index (χ1v) is 9.88. The van der Waals surface area contributed by atoms with Crippen molar-refractivity contribution in [3.63, 3.8) is 0 Å². The molecular weight excluding hydrogens is 314 g/mol. The lowest BCUT2D eigenvalue weighted by Gasteiger charge is -2.34. The largest absolute Gasteiger partial charge is 0.493 e. The lowest BCUT2D eigenvalue weighted by Crippen LogP contribution is -2.44. The highest BCUT2D eigenvalue weighted by atomic mass is 16.5. The van der Waals surface area contributed by atoms with Crippen LogP contribution in [0.3, 0.4) is 0 Å². The maximum absolute atomic E-state index is 11.1. The zero-order valence-electron chi connectivity index (χ0n) is 16.0. The van der Waals surface area contributed by atoms with E-state index in [2.05, 4.69) is 11.8 Å². The zero-order valence-corrected chi connectivity index (χ0v) is 16.0. The van der Waals surface area contributed by atoms with Gasteiger partial charge in [-0.2, -0.15) is 0 Å². The average Bonchev–Trinajstić information content (AvgIpc) is 2.62. The van der Waals surface area contributed by atoms with E-state index in [1.54, 1.807) is 0 Å². The third-order valence-corrected chi connectivity index (χ3v) is 4.86. The Labute approximate surface area is 153 Å². The van der Waals surface area contributed by atoms with Crippen LogP contribution in [0.1, 0.15) is 57.9 Å². The highest BCUT2D eigenvalue weighted by Gasteiger charge is 2.30. The van der Waals surface area contributed by atoms with Gasteiger partial charge in [0, 0.05) is 25.2 Å². The highest BCUT2D eigenvalue weighted by Crippen LogP contribution is 2.31. The Kier molecular flexibility index (Phi) is 8.73. The van der Waals surface area contributed by atoms with E-state index in [4.69, 9.17) is 9.47 Å². The maximum atomic E-state index is 11.1. The fourth-order valence-corrected chi connectivity index (χ4v) is 3.38. The Hall–Kier alpha value is -1.10. The van der Waals surface area contributed by atoms with Crippen LogP contribution < -0.4 is 4.74 Å². The second-order valence-corrected chi connectivity index (χ2v) is 7.27. The number of ether oxygens (including phenoxy) is 2. The first kappa shape index (κ1) is 20.2. The van der Waals surface area contributed by atoms with Crippen LogP contribution in [0.2, 0.25) is 0 Å². The van der Waals surface area contributed by atoms with Gasteiger partial charge in [-0.25, -0.2) is 0 Å². The molecule has 0 spiro atoms. The number of hydrogen-bond donors (Lipinski definition) is 1. The molecule has 0 aliphatic carbocycles. The molecule has 1 fully saturated rings. The minimum absolute atomic E-state index is 0.605. The third-order valence-electron chi connectivity index (χ3n) is 4.86. The maximum Gasteiger partial charge on any atom is 0.125 e. The number of hydrogen-bond acceptors (Lipinski definition) is 4. The van der Waals surface area contributed by atoms with Crippen LogP contribution in [-0.2, 0) is 10.3 Å². The van der Waals surface area contributed by atoms with Gasteiger partial charge in [-0.15, -0.1) is 0 Å². The normalized spacial score (nSPS) is 18.0. The van der Waals surface area contributed by atoms with Gasteiger partial charge in [0.1, 0.15) is 11.4 Å². The molecular formula is C21H35NO3. The molecule has 1 aliphatic rings. The van der Waals surface area contributed by atoms with Crippen molar-refractivity contribution < 1.29 is 14.6 Å². The van der Waals surface area contributed by atoms with Gasteiger partial charge in [0.25, 0.3) is 0 Å². The lowest BCUT2D eigenvalue weighted by atomic mass is 9.94. The van der Waals surface area contributed by atoms with E-state index in [0.29, 0.717) is 6.54 Å². The van der Waals surface area contributed by atoms with E-state index in [0.717, 1.165) is 50.6 Å². The van der Waals surface area contributed by atoms with Crippen LogP contribution >= 0.6 is 0 Å².